The molecule has 32 heavy (non-hydrogen) atoms. The fourth-order valence-corrected chi connectivity index (χ4v) is 4.16. The molecule has 0 saturated carbocycles. The summed E-state index contributed by atoms with van der Waals surface area (Å²) in [7, 11) is 0. The van der Waals surface area contributed by atoms with Gasteiger partial charge in [-0.2, -0.15) is 0 Å². The van der Waals surface area contributed by atoms with E-state index in [2.05, 4.69) is 10.6 Å². The van der Waals surface area contributed by atoms with Crippen LogP contribution in [0.3, 0.4) is 0 Å². The molecule has 0 aliphatic heterocycles. The normalized spacial score (nSPS) is 11.5. The fraction of sp³-hybridized carbons (Fsp3) is 0.231. The second-order valence-corrected chi connectivity index (χ2v) is 8.59. The van der Waals surface area contributed by atoms with Gasteiger partial charge >= 0.3 is 0 Å². The molecule has 166 valence electrons. The lowest BCUT2D eigenvalue weighted by Gasteiger charge is -2.16. The highest BCUT2D eigenvalue weighted by Gasteiger charge is 2.18. The molecule has 2 amide bonds. The Bertz CT molecular complexity index is 1070. The van der Waals surface area contributed by atoms with Crippen molar-refractivity contribution in [1.29, 1.82) is 0 Å². The summed E-state index contributed by atoms with van der Waals surface area (Å²) in [4.78, 5) is 26.3. The molecular weight excluding hydrogens is 420 g/mol. The summed E-state index contributed by atoms with van der Waals surface area (Å²) in [6.45, 7) is 6.47. The Hall–Kier alpha value is -3.25. The first-order valence-corrected chi connectivity index (χ1v) is 11.5. The maximum Gasteiger partial charge on any atom is 0.255 e. The lowest BCUT2D eigenvalue weighted by molar-refractivity contribution is -0.115. The van der Waals surface area contributed by atoms with Crippen LogP contribution in [-0.2, 0) is 4.79 Å². The van der Waals surface area contributed by atoms with Gasteiger partial charge in [0, 0.05) is 21.8 Å². The largest absolute Gasteiger partial charge is 0.494 e. The number of hydrogen-bond acceptors (Lipinski definition) is 4. The van der Waals surface area contributed by atoms with Crippen molar-refractivity contribution in [2.75, 3.05) is 17.2 Å². The van der Waals surface area contributed by atoms with Crippen molar-refractivity contribution in [1.82, 2.24) is 0 Å². The van der Waals surface area contributed by atoms with E-state index in [9.17, 15) is 9.59 Å². The van der Waals surface area contributed by atoms with Gasteiger partial charge in [0.2, 0.25) is 5.91 Å². The molecule has 1 atom stereocenters. The first kappa shape index (κ1) is 23.4. The third kappa shape index (κ3) is 6.62. The van der Waals surface area contributed by atoms with E-state index in [0.717, 1.165) is 21.9 Å². The molecule has 1 unspecified atom stereocenters. The topological polar surface area (TPSA) is 67.4 Å². The van der Waals surface area contributed by atoms with Gasteiger partial charge in [-0.3, -0.25) is 9.59 Å². The molecule has 2 N–H and O–H groups in total. The third-order valence-electron chi connectivity index (χ3n) is 4.75. The highest BCUT2D eigenvalue weighted by Crippen LogP contribution is 2.29. The Labute approximate surface area is 193 Å². The summed E-state index contributed by atoms with van der Waals surface area (Å²) in [5, 5.41) is 5.65. The highest BCUT2D eigenvalue weighted by molar-refractivity contribution is 8.00. The molecule has 0 fully saturated rings. The summed E-state index contributed by atoms with van der Waals surface area (Å²) >= 11 is 1.48. The minimum Gasteiger partial charge on any atom is -0.494 e. The van der Waals surface area contributed by atoms with Gasteiger partial charge in [-0.1, -0.05) is 30.7 Å². The summed E-state index contributed by atoms with van der Waals surface area (Å²) in [6.07, 6.45) is 0.674. The number of carbonyl (C=O) groups is 2. The van der Waals surface area contributed by atoms with Crippen molar-refractivity contribution >= 4 is 35.0 Å². The van der Waals surface area contributed by atoms with Crippen LogP contribution in [0.1, 0.15) is 36.2 Å². The molecule has 0 aliphatic carbocycles. The average Bonchev–Trinajstić information content (AvgIpc) is 2.79. The Morgan fingerprint density at radius 1 is 0.906 bits per heavy atom. The molecule has 0 aliphatic rings. The molecule has 6 heteroatoms. The summed E-state index contributed by atoms with van der Waals surface area (Å²) in [5.41, 5.74) is 3.08. The van der Waals surface area contributed by atoms with Crippen LogP contribution >= 0.6 is 11.8 Å². The number of thioether (sulfide) groups is 1. The minimum atomic E-state index is -0.260. The van der Waals surface area contributed by atoms with Crippen LogP contribution in [0.5, 0.6) is 5.75 Å². The van der Waals surface area contributed by atoms with E-state index in [4.69, 9.17) is 4.74 Å². The van der Waals surface area contributed by atoms with E-state index >= 15 is 0 Å². The molecule has 0 spiro atoms. The van der Waals surface area contributed by atoms with E-state index in [-0.39, 0.29) is 17.1 Å². The van der Waals surface area contributed by atoms with E-state index in [1.807, 2.05) is 87.5 Å². The van der Waals surface area contributed by atoms with Gasteiger partial charge < -0.3 is 15.4 Å². The first-order valence-electron chi connectivity index (χ1n) is 10.7. The zero-order valence-electron chi connectivity index (χ0n) is 18.6. The molecule has 3 aromatic rings. The number of aryl methyl sites for hydroxylation is 1. The molecular formula is C26H28N2O3S. The van der Waals surface area contributed by atoms with Crippen LogP contribution in [0, 0.1) is 6.92 Å². The monoisotopic (exact) mass is 448 g/mol. The maximum atomic E-state index is 12.8. The Morgan fingerprint density at radius 2 is 1.66 bits per heavy atom. The maximum absolute atomic E-state index is 12.8. The smallest absolute Gasteiger partial charge is 0.255 e. The number of nitrogens with one attached hydrogen (secondary N) is 2. The number of ether oxygens (including phenoxy) is 1. The van der Waals surface area contributed by atoms with Crippen LogP contribution < -0.4 is 15.4 Å². The molecule has 3 aromatic carbocycles. The number of hydrogen-bond donors (Lipinski definition) is 2. The molecule has 0 aromatic heterocycles. The molecule has 5 nitrogen and oxygen atoms in total. The van der Waals surface area contributed by atoms with Crippen LogP contribution in [0.2, 0.25) is 0 Å². The molecule has 0 saturated heterocycles. The van der Waals surface area contributed by atoms with Gasteiger partial charge in [0.1, 0.15) is 5.75 Å². The molecule has 0 heterocycles. The Kier molecular flexibility index (Phi) is 8.34. The van der Waals surface area contributed by atoms with E-state index in [1.54, 1.807) is 6.07 Å². The minimum absolute atomic E-state index is 0.0594. The van der Waals surface area contributed by atoms with Crippen LogP contribution in [0.4, 0.5) is 11.4 Å². The van der Waals surface area contributed by atoms with Gasteiger partial charge in [0.15, 0.2) is 0 Å². The van der Waals surface area contributed by atoms with Crippen LogP contribution in [0.25, 0.3) is 0 Å². The number of amides is 2. The summed E-state index contributed by atoms with van der Waals surface area (Å²) in [6, 6.07) is 22.4. The van der Waals surface area contributed by atoms with E-state index < -0.39 is 0 Å². The van der Waals surface area contributed by atoms with Crippen molar-refractivity contribution in [3.8, 4) is 5.75 Å². The Balaban J connectivity index is 1.63. The second-order valence-electron chi connectivity index (χ2n) is 7.31. The number of anilines is 2. The Morgan fingerprint density at radius 3 is 2.34 bits per heavy atom. The lowest BCUT2D eigenvalue weighted by Crippen LogP contribution is -2.24. The number of carbonyl (C=O) groups excluding carboxylic acids is 2. The van der Waals surface area contributed by atoms with Crippen molar-refractivity contribution in [3.05, 3.63) is 83.9 Å². The van der Waals surface area contributed by atoms with Crippen molar-refractivity contribution in [2.45, 2.75) is 37.3 Å². The van der Waals surface area contributed by atoms with Gasteiger partial charge in [0.25, 0.3) is 5.91 Å². The predicted molar refractivity (Wildman–Crippen MR) is 132 cm³/mol. The number of rotatable bonds is 9. The molecule has 0 bridgehead atoms. The second kappa shape index (κ2) is 11.4. The standard InChI is InChI=1S/C26H28N2O3S/c1-4-24(26(30)27-20-12-14-22(15-13-20)31-5-2)32-23-11-7-10-21(17-23)28-25(29)19-9-6-8-18(3)16-19/h6-17,24H,4-5H2,1-3H3,(H,27,30)(H,28,29). The van der Waals surface area contributed by atoms with Gasteiger partial charge in [0.05, 0.1) is 11.9 Å². The van der Waals surface area contributed by atoms with Crippen LogP contribution in [0.15, 0.2) is 77.7 Å². The quantitative estimate of drug-likeness (QED) is 0.385. The van der Waals surface area contributed by atoms with Crippen molar-refractivity contribution in [3.63, 3.8) is 0 Å². The SMILES string of the molecule is CCOc1ccc(NC(=O)C(CC)Sc2cccc(NC(=O)c3cccc(C)c3)c2)cc1. The van der Waals surface area contributed by atoms with Crippen LogP contribution in [-0.4, -0.2) is 23.7 Å². The summed E-state index contributed by atoms with van der Waals surface area (Å²) < 4.78 is 5.44. The van der Waals surface area contributed by atoms with Gasteiger partial charge in [-0.25, -0.2) is 0 Å². The molecule has 0 radical (unpaired) electrons. The molecule has 3 rings (SSSR count). The van der Waals surface area contributed by atoms with Gasteiger partial charge in [-0.05, 0) is 74.9 Å². The zero-order chi connectivity index (χ0) is 22.9. The average molecular weight is 449 g/mol. The van der Waals surface area contributed by atoms with Crippen molar-refractivity contribution < 1.29 is 14.3 Å². The van der Waals surface area contributed by atoms with Gasteiger partial charge in [-0.15, -0.1) is 11.8 Å². The third-order valence-corrected chi connectivity index (χ3v) is 6.10. The zero-order valence-corrected chi connectivity index (χ0v) is 19.4. The fourth-order valence-electron chi connectivity index (χ4n) is 3.15. The first-order chi connectivity index (χ1) is 15.5. The summed E-state index contributed by atoms with van der Waals surface area (Å²) in [5.74, 6) is 0.559. The lowest BCUT2D eigenvalue weighted by atomic mass is 10.1. The highest BCUT2D eigenvalue weighted by atomic mass is 32.2. The van der Waals surface area contributed by atoms with E-state index in [0.29, 0.717) is 24.3 Å². The predicted octanol–water partition coefficient (Wildman–Crippen LogP) is 6.16. The van der Waals surface area contributed by atoms with Crippen molar-refractivity contribution in [2.24, 2.45) is 0 Å². The number of benzene rings is 3. The van der Waals surface area contributed by atoms with E-state index in [1.165, 1.54) is 11.8 Å².